The Bertz CT molecular complexity index is 908. The Balaban J connectivity index is 1.60. The second kappa shape index (κ2) is 8.38. The summed E-state index contributed by atoms with van der Waals surface area (Å²) >= 11 is 0. The summed E-state index contributed by atoms with van der Waals surface area (Å²) in [6, 6.07) is 11.0. The lowest BCUT2D eigenvalue weighted by atomic mass is 9.87. The van der Waals surface area contributed by atoms with Gasteiger partial charge in [-0.25, -0.2) is 4.39 Å². The van der Waals surface area contributed by atoms with Crippen LogP contribution in [0.3, 0.4) is 0 Å². The molecule has 0 saturated carbocycles. The normalized spacial score (nSPS) is 22.6. The minimum Gasteiger partial charge on any atom is -0.338 e. The highest BCUT2D eigenvalue weighted by molar-refractivity contribution is 5.94. The lowest BCUT2D eigenvalue weighted by molar-refractivity contribution is -0.137. The molecule has 0 N–H and O–H groups in total. The van der Waals surface area contributed by atoms with Crippen molar-refractivity contribution in [2.24, 2.45) is 5.92 Å². The van der Waals surface area contributed by atoms with Crippen molar-refractivity contribution in [1.29, 1.82) is 0 Å². The molecule has 7 heteroatoms. The number of alkyl halides is 3. The van der Waals surface area contributed by atoms with Crippen molar-refractivity contribution in [3.63, 3.8) is 0 Å². The molecule has 4 rings (SSSR count). The lowest BCUT2D eigenvalue weighted by Gasteiger charge is -2.24. The molecule has 2 atom stereocenters. The minimum atomic E-state index is -4.41. The number of hydrogen-bond acceptors (Lipinski definition) is 2. The predicted octanol–water partition coefficient (Wildman–Crippen LogP) is 4.80. The average Bonchev–Trinajstić information content (AvgIpc) is 3.37. The van der Waals surface area contributed by atoms with Crippen LogP contribution in [-0.2, 0) is 6.18 Å². The zero-order chi connectivity index (χ0) is 21.3. The van der Waals surface area contributed by atoms with Crippen molar-refractivity contribution in [1.82, 2.24) is 9.80 Å². The highest BCUT2D eigenvalue weighted by Crippen LogP contribution is 2.37. The molecule has 2 fully saturated rings. The second-order valence-corrected chi connectivity index (χ2v) is 8.22. The number of rotatable bonds is 4. The first-order valence-electron chi connectivity index (χ1n) is 10.3. The summed E-state index contributed by atoms with van der Waals surface area (Å²) in [7, 11) is 0. The maximum Gasteiger partial charge on any atom is 0.416 e. The predicted molar refractivity (Wildman–Crippen MR) is 106 cm³/mol. The largest absolute Gasteiger partial charge is 0.416 e. The van der Waals surface area contributed by atoms with Gasteiger partial charge in [-0.15, -0.1) is 0 Å². The van der Waals surface area contributed by atoms with Crippen molar-refractivity contribution in [2.75, 3.05) is 32.7 Å². The highest BCUT2D eigenvalue weighted by atomic mass is 19.4. The molecule has 1 amide bonds. The van der Waals surface area contributed by atoms with Gasteiger partial charge in [-0.2, -0.15) is 13.2 Å². The number of benzene rings is 2. The summed E-state index contributed by atoms with van der Waals surface area (Å²) in [6.45, 7) is 3.48. The summed E-state index contributed by atoms with van der Waals surface area (Å²) in [6.07, 6.45) is -2.17. The van der Waals surface area contributed by atoms with Crippen LogP contribution in [0.25, 0.3) is 0 Å². The van der Waals surface area contributed by atoms with Crippen LogP contribution >= 0.6 is 0 Å². The maximum atomic E-state index is 13.6. The molecule has 3 nitrogen and oxygen atoms in total. The smallest absolute Gasteiger partial charge is 0.338 e. The first-order chi connectivity index (χ1) is 14.3. The highest BCUT2D eigenvalue weighted by Gasteiger charge is 2.39. The molecule has 2 aromatic carbocycles. The minimum absolute atomic E-state index is 0.0316. The van der Waals surface area contributed by atoms with Crippen LogP contribution in [0.1, 0.15) is 40.2 Å². The third-order valence-corrected chi connectivity index (χ3v) is 6.13. The standard InChI is InChI=1S/C23H24F4N2O/c24-20-8-4-6-17(12-20)22(30)29-14-18(13-28-9-1-2-10-28)21(15-29)16-5-3-7-19(11-16)23(25,26)27/h3-8,11-12,18,21H,1-2,9-10,13-15H2/t18-,21-/m1/s1. The van der Waals surface area contributed by atoms with Gasteiger partial charge in [0.2, 0.25) is 0 Å². The van der Waals surface area contributed by atoms with Gasteiger partial charge in [-0.1, -0.05) is 24.3 Å². The Morgan fingerprint density at radius 2 is 1.73 bits per heavy atom. The van der Waals surface area contributed by atoms with E-state index >= 15 is 0 Å². The summed E-state index contributed by atoms with van der Waals surface area (Å²) in [5, 5.41) is 0. The van der Waals surface area contributed by atoms with Crippen molar-refractivity contribution in [3.05, 3.63) is 71.0 Å². The van der Waals surface area contributed by atoms with E-state index < -0.39 is 17.6 Å². The van der Waals surface area contributed by atoms with E-state index in [9.17, 15) is 22.4 Å². The molecule has 0 unspecified atom stereocenters. The quantitative estimate of drug-likeness (QED) is 0.664. The number of carbonyl (C=O) groups excluding carboxylic acids is 1. The molecule has 0 spiro atoms. The monoisotopic (exact) mass is 420 g/mol. The molecule has 30 heavy (non-hydrogen) atoms. The van der Waals surface area contributed by atoms with E-state index in [-0.39, 0.29) is 23.3 Å². The van der Waals surface area contributed by atoms with Crippen LogP contribution in [-0.4, -0.2) is 48.4 Å². The fourth-order valence-electron chi connectivity index (χ4n) is 4.65. The van der Waals surface area contributed by atoms with Gasteiger partial charge in [-0.3, -0.25) is 4.79 Å². The van der Waals surface area contributed by atoms with Gasteiger partial charge in [0.15, 0.2) is 0 Å². The fraction of sp³-hybridized carbons (Fsp3) is 0.435. The Morgan fingerprint density at radius 3 is 2.43 bits per heavy atom. The molecular weight excluding hydrogens is 396 g/mol. The van der Waals surface area contributed by atoms with E-state index in [2.05, 4.69) is 4.90 Å². The van der Waals surface area contributed by atoms with Crippen LogP contribution in [0, 0.1) is 11.7 Å². The molecule has 0 radical (unpaired) electrons. The molecule has 0 aromatic heterocycles. The molecule has 2 heterocycles. The van der Waals surface area contributed by atoms with Gasteiger partial charge in [-0.05, 0) is 61.7 Å². The third-order valence-electron chi connectivity index (χ3n) is 6.13. The number of carbonyl (C=O) groups is 1. The van der Waals surface area contributed by atoms with Crippen molar-refractivity contribution < 1.29 is 22.4 Å². The molecule has 0 aliphatic carbocycles. The number of amides is 1. The summed E-state index contributed by atoms with van der Waals surface area (Å²) in [5.74, 6) is -0.923. The van der Waals surface area contributed by atoms with E-state index in [1.165, 1.54) is 30.3 Å². The number of halogens is 4. The summed E-state index contributed by atoms with van der Waals surface area (Å²) in [5.41, 5.74) is 0.193. The fourth-order valence-corrected chi connectivity index (χ4v) is 4.65. The van der Waals surface area contributed by atoms with E-state index in [4.69, 9.17) is 0 Å². The zero-order valence-electron chi connectivity index (χ0n) is 16.5. The third kappa shape index (κ3) is 4.51. The Kier molecular flexibility index (Phi) is 5.82. The van der Waals surface area contributed by atoms with Gasteiger partial charge in [0.25, 0.3) is 5.91 Å². The molecule has 2 aliphatic rings. The van der Waals surface area contributed by atoms with Crippen LogP contribution in [0.2, 0.25) is 0 Å². The first-order valence-corrected chi connectivity index (χ1v) is 10.3. The Morgan fingerprint density at radius 1 is 1.00 bits per heavy atom. The Hall–Kier alpha value is -2.41. The van der Waals surface area contributed by atoms with Crippen LogP contribution in [0.4, 0.5) is 17.6 Å². The van der Waals surface area contributed by atoms with Crippen molar-refractivity contribution >= 4 is 5.91 Å². The van der Waals surface area contributed by atoms with E-state index in [0.717, 1.165) is 38.5 Å². The Labute approximate surface area is 173 Å². The zero-order valence-corrected chi connectivity index (χ0v) is 16.5. The van der Waals surface area contributed by atoms with Crippen LogP contribution in [0.15, 0.2) is 48.5 Å². The number of nitrogens with zero attached hydrogens (tertiary/aromatic N) is 2. The molecular formula is C23H24F4N2O. The van der Waals surface area contributed by atoms with Crippen molar-refractivity contribution in [2.45, 2.75) is 24.9 Å². The summed E-state index contributed by atoms with van der Waals surface area (Å²) in [4.78, 5) is 16.9. The van der Waals surface area contributed by atoms with Crippen molar-refractivity contribution in [3.8, 4) is 0 Å². The first kappa shape index (κ1) is 20.8. The lowest BCUT2D eigenvalue weighted by Crippen LogP contribution is -2.32. The van der Waals surface area contributed by atoms with E-state index in [0.29, 0.717) is 18.7 Å². The molecule has 2 saturated heterocycles. The average molecular weight is 420 g/mol. The number of likely N-dealkylation sites (tertiary alicyclic amines) is 2. The van der Waals surface area contributed by atoms with Gasteiger partial charge in [0.1, 0.15) is 5.82 Å². The maximum absolute atomic E-state index is 13.6. The molecule has 0 bridgehead atoms. The van der Waals surface area contributed by atoms with Gasteiger partial charge < -0.3 is 9.80 Å². The van der Waals surface area contributed by atoms with Crippen LogP contribution in [0.5, 0.6) is 0 Å². The second-order valence-electron chi connectivity index (χ2n) is 8.22. The van der Waals surface area contributed by atoms with E-state index in [1.807, 2.05) is 0 Å². The molecule has 2 aromatic rings. The molecule has 2 aliphatic heterocycles. The summed E-state index contributed by atoms with van der Waals surface area (Å²) < 4.78 is 53.3. The topological polar surface area (TPSA) is 23.6 Å². The number of hydrogen-bond donors (Lipinski definition) is 0. The van der Waals surface area contributed by atoms with E-state index in [1.54, 1.807) is 17.0 Å². The van der Waals surface area contributed by atoms with Gasteiger partial charge in [0, 0.05) is 31.1 Å². The SMILES string of the molecule is O=C(c1cccc(F)c1)N1C[C@@H](CN2CCCC2)[C@@H](c2cccc(C(F)(F)F)c2)C1. The molecule has 160 valence electrons. The van der Waals surface area contributed by atoms with Gasteiger partial charge in [0.05, 0.1) is 5.56 Å². The van der Waals surface area contributed by atoms with Gasteiger partial charge >= 0.3 is 6.18 Å². The van der Waals surface area contributed by atoms with Crippen LogP contribution < -0.4 is 0 Å².